The zero-order chi connectivity index (χ0) is 18.5. The molecule has 0 unspecified atom stereocenters. The molecule has 132 valence electrons. The fourth-order valence-electron chi connectivity index (χ4n) is 2.42. The smallest absolute Gasteiger partial charge is 0.293 e. The number of rotatable bonds is 4. The van der Waals surface area contributed by atoms with Gasteiger partial charge in [0.2, 0.25) is 0 Å². The van der Waals surface area contributed by atoms with Crippen LogP contribution >= 0.6 is 23.2 Å². The van der Waals surface area contributed by atoms with Gasteiger partial charge in [-0.3, -0.25) is 4.79 Å². The van der Waals surface area contributed by atoms with E-state index in [1.54, 1.807) is 35.9 Å². The normalized spacial score (nSPS) is 10.3. The molecule has 0 aliphatic carbocycles. The van der Waals surface area contributed by atoms with Gasteiger partial charge in [-0.25, -0.2) is 0 Å². The van der Waals surface area contributed by atoms with E-state index in [4.69, 9.17) is 32.7 Å². The zero-order valence-corrected chi connectivity index (χ0v) is 15.5. The van der Waals surface area contributed by atoms with Gasteiger partial charge < -0.3 is 14.0 Å². The van der Waals surface area contributed by atoms with Gasteiger partial charge in [0.1, 0.15) is 19.0 Å². The molecule has 0 bridgehead atoms. The van der Waals surface area contributed by atoms with Gasteiger partial charge in [-0.2, -0.15) is 0 Å². The Morgan fingerprint density at radius 2 is 1.65 bits per heavy atom. The van der Waals surface area contributed by atoms with Crippen LogP contribution in [0.25, 0.3) is 10.9 Å². The van der Waals surface area contributed by atoms with Crippen LogP contribution in [0.3, 0.4) is 0 Å². The predicted octanol–water partition coefficient (Wildman–Crippen LogP) is 4.31. The summed E-state index contributed by atoms with van der Waals surface area (Å²) in [6, 6.07) is 14.3. The highest BCUT2D eigenvalue weighted by Crippen LogP contribution is 2.27. The molecule has 2 aromatic carbocycles. The Hall–Kier alpha value is -2.61. The van der Waals surface area contributed by atoms with Gasteiger partial charge in [-0.1, -0.05) is 53.2 Å². The highest BCUT2D eigenvalue weighted by Gasteiger charge is 2.06. The summed E-state index contributed by atoms with van der Waals surface area (Å²) in [7, 11) is 1.72. The van der Waals surface area contributed by atoms with E-state index < -0.39 is 0 Å². The summed E-state index contributed by atoms with van der Waals surface area (Å²) in [5.74, 6) is 6.41. The fourth-order valence-corrected chi connectivity index (χ4v) is 2.88. The van der Waals surface area contributed by atoms with Crippen molar-refractivity contribution in [2.45, 2.75) is 0 Å². The molecule has 0 amide bonds. The topological polar surface area (TPSA) is 40.5 Å². The average Bonchev–Trinajstić information content (AvgIpc) is 2.63. The molecule has 0 spiro atoms. The Kier molecular flexibility index (Phi) is 5.72. The van der Waals surface area contributed by atoms with E-state index in [-0.39, 0.29) is 24.5 Å². The third-order valence-electron chi connectivity index (χ3n) is 3.72. The third-order valence-corrected chi connectivity index (χ3v) is 4.25. The van der Waals surface area contributed by atoms with E-state index >= 15 is 0 Å². The van der Waals surface area contributed by atoms with Crippen molar-refractivity contribution in [1.29, 1.82) is 0 Å². The van der Waals surface area contributed by atoms with Crippen molar-refractivity contribution >= 4 is 34.1 Å². The van der Waals surface area contributed by atoms with Crippen molar-refractivity contribution in [2.75, 3.05) is 13.2 Å². The number of hydrogen-bond donors (Lipinski definition) is 0. The minimum atomic E-state index is -0.199. The Bertz CT molecular complexity index is 1060. The van der Waals surface area contributed by atoms with E-state index in [1.807, 2.05) is 24.3 Å². The number of nitrogens with zero attached hydrogens (tertiary/aromatic N) is 1. The lowest BCUT2D eigenvalue weighted by molar-refractivity contribution is 0.358. The third kappa shape index (κ3) is 4.13. The van der Waals surface area contributed by atoms with Crippen molar-refractivity contribution in [3.63, 3.8) is 0 Å². The Morgan fingerprint density at radius 1 is 0.962 bits per heavy atom. The standard InChI is InChI=1S/C20H15Cl2NO3/c1-23-17-7-3-2-6-14(17)12-19(20(23)24)26-11-5-4-10-25-18-9-8-15(21)13-16(18)22/h2-3,6-9,12-13H,10-11H2,1H3. The highest BCUT2D eigenvalue weighted by atomic mass is 35.5. The van der Waals surface area contributed by atoms with Gasteiger partial charge in [0.15, 0.2) is 5.75 Å². The molecule has 6 heteroatoms. The summed E-state index contributed by atoms with van der Waals surface area (Å²) >= 11 is 11.8. The van der Waals surface area contributed by atoms with Crippen LogP contribution < -0.4 is 15.0 Å². The number of benzene rings is 2. The first-order valence-electron chi connectivity index (χ1n) is 7.81. The summed E-state index contributed by atoms with van der Waals surface area (Å²) in [6.07, 6.45) is 0. The van der Waals surface area contributed by atoms with Crippen LogP contribution in [0.15, 0.2) is 53.3 Å². The van der Waals surface area contributed by atoms with Crippen LogP contribution in [-0.2, 0) is 7.05 Å². The maximum Gasteiger partial charge on any atom is 0.293 e. The molecule has 0 fully saturated rings. The second-order valence-corrected chi connectivity index (χ2v) is 6.28. The van der Waals surface area contributed by atoms with Crippen LogP contribution in [0.4, 0.5) is 0 Å². The minimum absolute atomic E-state index is 0.0886. The zero-order valence-electron chi connectivity index (χ0n) is 14.0. The van der Waals surface area contributed by atoms with Crippen LogP contribution in [0.1, 0.15) is 0 Å². The van der Waals surface area contributed by atoms with E-state index in [2.05, 4.69) is 11.8 Å². The first-order chi connectivity index (χ1) is 12.6. The van der Waals surface area contributed by atoms with E-state index in [0.29, 0.717) is 15.8 Å². The van der Waals surface area contributed by atoms with Crippen LogP contribution in [-0.4, -0.2) is 17.8 Å². The number of ether oxygens (including phenoxy) is 2. The van der Waals surface area contributed by atoms with Gasteiger partial charge in [0.25, 0.3) is 5.56 Å². The molecule has 26 heavy (non-hydrogen) atoms. The summed E-state index contributed by atoms with van der Waals surface area (Å²) in [5.41, 5.74) is 0.652. The fraction of sp³-hybridized carbons (Fsp3) is 0.150. The quantitative estimate of drug-likeness (QED) is 0.626. The van der Waals surface area contributed by atoms with E-state index in [9.17, 15) is 4.79 Å². The average molecular weight is 388 g/mol. The highest BCUT2D eigenvalue weighted by molar-refractivity contribution is 6.35. The molecule has 0 atom stereocenters. The molecule has 0 aliphatic rings. The maximum atomic E-state index is 12.3. The van der Waals surface area contributed by atoms with E-state index in [0.717, 1.165) is 10.9 Å². The number of para-hydroxylation sites is 1. The molecule has 0 aliphatic heterocycles. The summed E-state index contributed by atoms with van der Waals surface area (Å²) in [4.78, 5) is 12.3. The first-order valence-corrected chi connectivity index (χ1v) is 8.57. The van der Waals surface area contributed by atoms with Gasteiger partial charge in [0, 0.05) is 17.5 Å². The Morgan fingerprint density at radius 3 is 2.38 bits per heavy atom. The molecular weight excluding hydrogens is 373 g/mol. The Balaban J connectivity index is 1.60. The summed E-state index contributed by atoms with van der Waals surface area (Å²) in [6.45, 7) is 0.242. The monoisotopic (exact) mass is 387 g/mol. The van der Waals surface area contributed by atoms with Crippen LogP contribution in [0, 0.1) is 11.8 Å². The predicted molar refractivity (Wildman–Crippen MR) is 104 cm³/mol. The molecule has 1 heterocycles. The number of pyridine rings is 1. The largest absolute Gasteiger partial charge is 0.479 e. The first kappa shape index (κ1) is 18.2. The molecule has 0 N–H and O–H groups in total. The lowest BCUT2D eigenvalue weighted by Gasteiger charge is -2.08. The van der Waals surface area contributed by atoms with E-state index in [1.165, 1.54) is 0 Å². The molecular formula is C20H15Cl2NO3. The second kappa shape index (κ2) is 8.18. The van der Waals surface area contributed by atoms with Crippen molar-refractivity contribution in [3.05, 3.63) is 68.9 Å². The van der Waals surface area contributed by atoms with Gasteiger partial charge in [-0.05, 0) is 30.3 Å². The van der Waals surface area contributed by atoms with Crippen molar-refractivity contribution in [1.82, 2.24) is 4.57 Å². The lowest BCUT2D eigenvalue weighted by Crippen LogP contribution is -2.19. The SMILES string of the molecule is Cn1c(=O)c(OCC#CCOc2ccc(Cl)cc2Cl)cc2ccccc21. The van der Waals surface area contributed by atoms with Crippen LogP contribution in [0.5, 0.6) is 11.5 Å². The lowest BCUT2D eigenvalue weighted by atomic mass is 10.2. The number of aryl methyl sites for hydroxylation is 1. The molecule has 4 nitrogen and oxygen atoms in total. The molecule has 1 aromatic heterocycles. The summed E-state index contributed by atoms with van der Waals surface area (Å²) < 4.78 is 12.5. The molecule has 0 saturated carbocycles. The minimum Gasteiger partial charge on any atom is -0.479 e. The maximum absolute atomic E-state index is 12.3. The van der Waals surface area contributed by atoms with Crippen LogP contribution in [0.2, 0.25) is 10.0 Å². The van der Waals surface area contributed by atoms with Gasteiger partial charge in [0.05, 0.1) is 10.5 Å². The number of halogens is 2. The van der Waals surface area contributed by atoms with Gasteiger partial charge >= 0.3 is 0 Å². The van der Waals surface area contributed by atoms with Crippen molar-refractivity contribution < 1.29 is 9.47 Å². The second-order valence-electron chi connectivity index (χ2n) is 5.44. The van der Waals surface area contributed by atoms with Crippen molar-refractivity contribution in [3.8, 4) is 23.3 Å². The number of aromatic nitrogens is 1. The molecule has 0 radical (unpaired) electrons. The summed E-state index contributed by atoms with van der Waals surface area (Å²) in [5, 5.41) is 1.90. The van der Waals surface area contributed by atoms with Crippen molar-refractivity contribution in [2.24, 2.45) is 7.05 Å². The number of hydrogen-bond acceptors (Lipinski definition) is 3. The molecule has 3 aromatic rings. The number of fused-ring (bicyclic) bond motifs is 1. The molecule has 0 saturated heterocycles. The molecule has 3 rings (SSSR count). The Labute approximate surface area is 160 Å². The van der Waals surface area contributed by atoms with Gasteiger partial charge in [-0.15, -0.1) is 0 Å².